The van der Waals surface area contributed by atoms with Gasteiger partial charge in [-0.2, -0.15) is 0 Å². The largest absolute Gasteiger partial charge is 0.506 e. The van der Waals surface area contributed by atoms with E-state index < -0.39 is 0 Å². The molecule has 5 aromatic rings. The Hall–Kier alpha value is -4.58. The average molecular weight is 614 g/mol. The Labute approximate surface area is 259 Å². The molecule has 3 N–H and O–H groups in total. The SMILES string of the molecule is O=C(c1ccc(Nc2ncc3cccc(OC4CCNCC4)c3n2)cc1)N1CCOCC1.Oc1cccc2cnc(Cl)nc12. The third-order valence-corrected chi connectivity index (χ3v) is 7.58. The minimum absolute atomic E-state index is 0.0292. The molecular weight excluding hydrogens is 582 g/mol. The molecule has 0 atom stereocenters. The maximum Gasteiger partial charge on any atom is 0.254 e. The van der Waals surface area contributed by atoms with E-state index in [0.29, 0.717) is 43.3 Å². The molecule has 1 amide bonds. The molecule has 44 heavy (non-hydrogen) atoms. The topological polar surface area (TPSA) is 135 Å². The number of para-hydroxylation sites is 2. The maximum atomic E-state index is 12.6. The molecule has 2 aromatic heterocycles. The van der Waals surface area contributed by atoms with Gasteiger partial charge in [0.1, 0.15) is 28.6 Å². The lowest BCUT2D eigenvalue weighted by Gasteiger charge is -2.26. The molecule has 0 unspecified atom stereocenters. The number of aromatic nitrogens is 4. The van der Waals surface area contributed by atoms with Crippen molar-refractivity contribution in [2.75, 3.05) is 44.7 Å². The van der Waals surface area contributed by atoms with Crippen LogP contribution < -0.4 is 15.4 Å². The summed E-state index contributed by atoms with van der Waals surface area (Å²) in [4.78, 5) is 31.3. The van der Waals surface area contributed by atoms with Gasteiger partial charge in [-0.05, 0) is 73.9 Å². The first kappa shape index (κ1) is 29.5. The van der Waals surface area contributed by atoms with Crippen molar-refractivity contribution in [2.45, 2.75) is 18.9 Å². The van der Waals surface area contributed by atoms with Crippen LogP contribution in [-0.2, 0) is 4.74 Å². The molecule has 12 heteroatoms. The molecule has 0 radical (unpaired) electrons. The smallest absolute Gasteiger partial charge is 0.254 e. The molecule has 3 aromatic carbocycles. The van der Waals surface area contributed by atoms with Gasteiger partial charge >= 0.3 is 0 Å². The van der Waals surface area contributed by atoms with Crippen molar-refractivity contribution >= 4 is 50.9 Å². The molecule has 226 valence electrons. The number of rotatable bonds is 5. The Kier molecular flexibility index (Phi) is 9.25. The van der Waals surface area contributed by atoms with Crippen LogP contribution in [0.2, 0.25) is 5.28 Å². The number of carbonyl (C=O) groups excluding carboxylic acids is 1. The zero-order chi connectivity index (χ0) is 30.3. The van der Waals surface area contributed by atoms with E-state index in [0.717, 1.165) is 53.7 Å². The van der Waals surface area contributed by atoms with Gasteiger partial charge in [-0.25, -0.2) is 19.9 Å². The number of phenolic OH excluding ortho intramolecular Hbond substituents is 1. The number of anilines is 2. The van der Waals surface area contributed by atoms with E-state index in [1.807, 2.05) is 53.4 Å². The second-order valence-corrected chi connectivity index (χ2v) is 10.8. The zero-order valence-electron chi connectivity index (χ0n) is 23.9. The fourth-order valence-corrected chi connectivity index (χ4v) is 5.20. The van der Waals surface area contributed by atoms with Crippen molar-refractivity contribution < 1.29 is 19.4 Å². The predicted molar refractivity (Wildman–Crippen MR) is 169 cm³/mol. The molecule has 4 heterocycles. The van der Waals surface area contributed by atoms with E-state index in [1.165, 1.54) is 0 Å². The lowest BCUT2D eigenvalue weighted by atomic mass is 10.1. The Bertz CT molecular complexity index is 1740. The van der Waals surface area contributed by atoms with Crippen molar-refractivity contribution in [2.24, 2.45) is 0 Å². The summed E-state index contributed by atoms with van der Waals surface area (Å²) in [5, 5.41) is 17.8. The van der Waals surface area contributed by atoms with Crippen LogP contribution in [0.25, 0.3) is 21.8 Å². The predicted octanol–water partition coefficient (Wildman–Crippen LogP) is 4.97. The van der Waals surface area contributed by atoms with Crippen LogP contribution in [-0.4, -0.2) is 81.3 Å². The van der Waals surface area contributed by atoms with E-state index in [-0.39, 0.29) is 23.0 Å². The number of fused-ring (bicyclic) bond motifs is 2. The number of phenols is 1. The number of aromatic hydroxyl groups is 1. The molecule has 7 rings (SSSR count). The van der Waals surface area contributed by atoms with Crippen molar-refractivity contribution in [3.63, 3.8) is 0 Å². The van der Waals surface area contributed by atoms with Crippen LogP contribution in [0.1, 0.15) is 23.2 Å². The summed E-state index contributed by atoms with van der Waals surface area (Å²) in [5.74, 6) is 1.43. The Morgan fingerprint density at radius 2 is 1.64 bits per heavy atom. The van der Waals surface area contributed by atoms with Crippen molar-refractivity contribution in [1.29, 1.82) is 0 Å². The molecule has 2 aliphatic heterocycles. The third-order valence-electron chi connectivity index (χ3n) is 7.40. The summed E-state index contributed by atoms with van der Waals surface area (Å²) in [7, 11) is 0. The summed E-state index contributed by atoms with van der Waals surface area (Å²) in [6, 6.07) is 18.4. The number of halogens is 1. The summed E-state index contributed by atoms with van der Waals surface area (Å²) < 4.78 is 11.6. The van der Waals surface area contributed by atoms with Crippen molar-refractivity contribution in [1.82, 2.24) is 30.2 Å². The molecule has 2 saturated heterocycles. The van der Waals surface area contributed by atoms with Gasteiger partial charge in [0, 0.05) is 47.5 Å². The summed E-state index contributed by atoms with van der Waals surface area (Å²) in [6.45, 7) is 4.39. The number of nitrogens with zero attached hydrogens (tertiary/aromatic N) is 5. The Balaban J connectivity index is 0.000000238. The van der Waals surface area contributed by atoms with Crippen LogP contribution >= 0.6 is 11.6 Å². The molecule has 11 nitrogen and oxygen atoms in total. The highest BCUT2D eigenvalue weighted by atomic mass is 35.5. The van der Waals surface area contributed by atoms with Gasteiger partial charge in [0.2, 0.25) is 11.2 Å². The normalized spacial score (nSPS) is 15.4. The molecule has 0 saturated carbocycles. The monoisotopic (exact) mass is 613 g/mol. The van der Waals surface area contributed by atoms with Crippen molar-refractivity contribution in [3.05, 3.63) is 83.9 Å². The average Bonchev–Trinajstić information content (AvgIpc) is 3.07. The maximum absolute atomic E-state index is 12.6. The lowest BCUT2D eigenvalue weighted by Crippen LogP contribution is -2.40. The van der Waals surface area contributed by atoms with Crippen molar-refractivity contribution in [3.8, 4) is 11.5 Å². The highest BCUT2D eigenvalue weighted by Crippen LogP contribution is 2.27. The number of nitrogens with one attached hydrogen (secondary N) is 2. The van der Waals surface area contributed by atoms with Crippen LogP contribution in [0.4, 0.5) is 11.6 Å². The van der Waals surface area contributed by atoms with Gasteiger partial charge in [-0.15, -0.1) is 0 Å². The van der Waals surface area contributed by atoms with E-state index in [4.69, 9.17) is 26.1 Å². The summed E-state index contributed by atoms with van der Waals surface area (Å²) in [6.07, 6.45) is 5.55. The third kappa shape index (κ3) is 7.13. The first-order valence-electron chi connectivity index (χ1n) is 14.5. The Morgan fingerprint density at radius 1 is 0.932 bits per heavy atom. The van der Waals surface area contributed by atoms with Gasteiger partial charge in [0.05, 0.1) is 13.2 Å². The molecule has 0 spiro atoms. The fourth-order valence-electron chi connectivity index (χ4n) is 5.07. The lowest BCUT2D eigenvalue weighted by molar-refractivity contribution is 0.0303. The number of hydrogen-bond donors (Lipinski definition) is 3. The first-order chi connectivity index (χ1) is 21.5. The highest BCUT2D eigenvalue weighted by molar-refractivity contribution is 6.28. The van der Waals surface area contributed by atoms with Gasteiger partial charge in [0.15, 0.2) is 0 Å². The summed E-state index contributed by atoms with van der Waals surface area (Å²) in [5.41, 5.74) is 2.76. The van der Waals surface area contributed by atoms with E-state index in [2.05, 4.69) is 25.6 Å². The van der Waals surface area contributed by atoms with E-state index >= 15 is 0 Å². The van der Waals surface area contributed by atoms with Gasteiger partial charge in [-0.1, -0.05) is 24.3 Å². The molecule has 2 fully saturated rings. The molecule has 2 aliphatic rings. The van der Waals surface area contributed by atoms with Crippen LogP contribution in [0.15, 0.2) is 73.1 Å². The molecule has 0 bridgehead atoms. The minimum Gasteiger partial charge on any atom is -0.506 e. The number of amides is 1. The number of morpholine rings is 1. The Morgan fingerprint density at radius 3 is 2.41 bits per heavy atom. The number of carbonyl (C=O) groups is 1. The zero-order valence-corrected chi connectivity index (χ0v) is 24.7. The fraction of sp³-hybridized carbons (Fsp3) is 0.281. The van der Waals surface area contributed by atoms with Gasteiger partial charge in [0.25, 0.3) is 5.91 Å². The number of hydrogen-bond acceptors (Lipinski definition) is 10. The van der Waals surface area contributed by atoms with Gasteiger partial charge < -0.3 is 30.1 Å². The highest BCUT2D eigenvalue weighted by Gasteiger charge is 2.19. The van der Waals surface area contributed by atoms with E-state index in [1.54, 1.807) is 24.5 Å². The van der Waals surface area contributed by atoms with Crippen LogP contribution in [0, 0.1) is 0 Å². The second-order valence-electron chi connectivity index (χ2n) is 10.4. The minimum atomic E-state index is 0.0292. The van der Waals surface area contributed by atoms with E-state index in [9.17, 15) is 9.90 Å². The quantitative estimate of drug-likeness (QED) is 0.233. The van der Waals surface area contributed by atoms with Crippen LogP contribution in [0.5, 0.6) is 11.5 Å². The number of ether oxygens (including phenoxy) is 2. The summed E-state index contributed by atoms with van der Waals surface area (Å²) >= 11 is 5.56. The molecule has 0 aliphatic carbocycles. The number of benzene rings is 3. The second kappa shape index (κ2) is 13.8. The molecular formula is C32H32ClN7O4. The van der Waals surface area contributed by atoms with Gasteiger partial charge in [-0.3, -0.25) is 4.79 Å². The number of piperidine rings is 1. The van der Waals surface area contributed by atoms with Crippen LogP contribution in [0.3, 0.4) is 0 Å². The standard InChI is InChI=1S/C24H27N5O3.C8H5ClN2O/c30-23(29-12-14-31-15-13-29)17-4-6-19(7-5-17)27-24-26-16-18-2-1-3-21(22(18)28-24)32-20-8-10-25-11-9-20;9-8-10-4-5-2-1-3-6(12)7(5)11-8/h1-7,16,20,25H,8-15H2,(H,26,27,28);1-4,12H. The first-order valence-corrected chi connectivity index (χ1v) is 14.9.